The van der Waals surface area contributed by atoms with Crippen molar-refractivity contribution in [3.8, 4) is 5.69 Å². The molecule has 0 radical (unpaired) electrons. The van der Waals surface area contributed by atoms with Crippen molar-refractivity contribution in [2.45, 2.75) is 19.5 Å². The Morgan fingerprint density at radius 2 is 1.70 bits per heavy atom. The smallest absolute Gasteiger partial charge is 0.318 e. The summed E-state index contributed by atoms with van der Waals surface area (Å²) in [6, 6.07) is 30.2. The van der Waals surface area contributed by atoms with Crippen molar-refractivity contribution in [3.05, 3.63) is 120 Å². The van der Waals surface area contributed by atoms with Gasteiger partial charge in [-0.2, -0.15) is 0 Å². The average molecular weight is 393 g/mol. The number of aromatic nitrogens is 1. The van der Waals surface area contributed by atoms with E-state index in [1.165, 1.54) is 5.56 Å². The zero-order chi connectivity index (χ0) is 20.5. The molecule has 2 amide bonds. The van der Waals surface area contributed by atoms with E-state index in [1.807, 2.05) is 53.4 Å². The highest BCUT2D eigenvalue weighted by atomic mass is 16.2. The third-order valence-corrected chi connectivity index (χ3v) is 5.61. The van der Waals surface area contributed by atoms with Gasteiger partial charge in [0.1, 0.15) is 0 Å². The van der Waals surface area contributed by atoms with Gasteiger partial charge in [-0.1, -0.05) is 66.2 Å². The average Bonchev–Trinajstić information content (AvgIpc) is 3.18. The first-order valence-electron chi connectivity index (χ1n) is 10.2. The molecular weight excluding hydrogens is 370 g/mol. The summed E-state index contributed by atoms with van der Waals surface area (Å²) in [4.78, 5) is 15.5. The molecule has 1 atom stereocenters. The number of hydrogen-bond acceptors (Lipinski definition) is 1. The molecule has 5 rings (SSSR count). The number of nitrogens with zero attached hydrogens (tertiary/aromatic N) is 2. The molecule has 0 bridgehead atoms. The number of benzene rings is 3. The highest BCUT2D eigenvalue weighted by Crippen LogP contribution is 2.37. The van der Waals surface area contributed by atoms with E-state index in [-0.39, 0.29) is 12.1 Å². The molecule has 3 aromatic carbocycles. The maximum Gasteiger partial charge on any atom is 0.322 e. The number of aryl methyl sites for hydroxylation is 1. The first-order chi connectivity index (χ1) is 14.7. The SMILES string of the molecule is Cc1cccc(C2c3cccn3-c3ccccc3CN2C(=O)Nc2ccccc2)c1. The highest BCUT2D eigenvalue weighted by molar-refractivity contribution is 5.90. The molecule has 4 nitrogen and oxygen atoms in total. The lowest BCUT2D eigenvalue weighted by atomic mass is 10.00. The summed E-state index contributed by atoms with van der Waals surface area (Å²) < 4.78 is 2.21. The van der Waals surface area contributed by atoms with Gasteiger partial charge in [0.05, 0.1) is 18.3 Å². The van der Waals surface area contributed by atoms with Gasteiger partial charge in [0.25, 0.3) is 0 Å². The fourth-order valence-corrected chi connectivity index (χ4v) is 4.25. The number of urea groups is 1. The number of carbonyl (C=O) groups excluding carboxylic acids is 1. The molecule has 0 saturated carbocycles. The number of nitrogens with one attached hydrogen (secondary N) is 1. The summed E-state index contributed by atoms with van der Waals surface area (Å²) in [7, 11) is 0. The van der Waals surface area contributed by atoms with Gasteiger partial charge >= 0.3 is 6.03 Å². The van der Waals surface area contributed by atoms with Gasteiger partial charge in [-0.3, -0.25) is 0 Å². The van der Waals surface area contributed by atoms with Crippen molar-refractivity contribution >= 4 is 11.7 Å². The predicted molar refractivity (Wildman–Crippen MR) is 120 cm³/mol. The Labute approximate surface area is 176 Å². The Morgan fingerprint density at radius 3 is 2.53 bits per heavy atom. The zero-order valence-corrected chi connectivity index (χ0v) is 16.8. The standard InChI is InChI=1S/C26H23N3O/c1-19-9-7-11-20(17-19)25-24-15-8-16-28(24)23-14-6-5-10-21(23)18-29(25)26(30)27-22-12-3-2-4-13-22/h2-17,25H,18H2,1H3,(H,27,30). The van der Waals surface area contributed by atoms with Crippen molar-refractivity contribution in [1.29, 1.82) is 0 Å². The summed E-state index contributed by atoms with van der Waals surface area (Å²) in [5.74, 6) is 0. The maximum atomic E-state index is 13.5. The van der Waals surface area contributed by atoms with E-state index in [1.54, 1.807) is 0 Å². The Morgan fingerprint density at radius 1 is 0.900 bits per heavy atom. The van der Waals surface area contributed by atoms with Crippen LogP contribution in [0.15, 0.2) is 97.2 Å². The van der Waals surface area contributed by atoms with E-state index in [9.17, 15) is 4.79 Å². The molecular formula is C26H23N3O. The molecule has 148 valence electrons. The third kappa shape index (κ3) is 3.26. The van der Waals surface area contributed by atoms with Gasteiger partial charge in [-0.05, 0) is 48.4 Å². The summed E-state index contributed by atoms with van der Waals surface area (Å²) >= 11 is 0. The van der Waals surface area contributed by atoms with Gasteiger partial charge in [0, 0.05) is 17.6 Å². The van der Waals surface area contributed by atoms with Crippen LogP contribution in [0.1, 0.15) is 28.4 Å². The number of fused-ring (bicyclic) bond motifs is 3. The molecule has 30 heavy (non-hydrogen) atoms. The van der Waals surface area contributed by atoms with Crippen molar-refractivity contribution < 1.29 is 4.79 Å². The van der Waals surface area contributed by atoms with Crippen LogP contribution in [0.2, 0.25) is 0 Å². The Balaban J connectivity index is 1.65. The van der Waals surface area contributed by atoms with E-state index in [0.29, 0.717) is 6.54 Å². The Bertz CT molecular complexity index is 1200. The third-order valence-electron chi connectivity index (χ3n) is 5.61. The molecule has 0 spiro atoms. The number of amides is 2. The molecule has 4 heteroatoms. The van der Waals surface area contributed by atoms with E-state index in [0.717, 1.165) is 28.2 Å². The first-order valence-corrected chi connectivity index (χ1v) is 10.2. The number of hydrogen-bond donors (Lipinski definition) is 1. The van der Waals surface area contributed by atoms with Crippen LogP contribution in [0.4, 0.5) is 10.5 Å². The lowest BCUT2D eigenvalue weighted by molar-refractivity contribution is 0.194. The number of rotatable bonds is 2. The first kappa shape index (κ1) is 18.3. The Hall–Kier alpha value is -3.79. The predicted octanol–water partition coefficient (Wildman–Crippen LogP) is 5.92. The highest BCUT2D eigenvalue weighted by Gasteiger charge is 2.33. The fourth-order valence-electron chi connectivity index (χ4n) is 4.25. The van der Waals surface area contributed by atoms with E-state index < -0.39 is 0 Å². The second kappa shape index (κ2) is 7.56. The number of anilines is 1. The monoisotopic (exact) mass is 393 g/mol. The van der Waals surface area contributed by atoms with E-state index in [4.69, 9.17) is 0 Å². The fraction of sp³-hybridized carbons (Fsp3) is 0.115. The molecule has 1 N–H and O–H groups in total. The molecule has 0 aliphatic carbocycles. The molecule has 1 aliphatic rings. The second-order valence-electron chi connectivity index (χ2n) is 7.67. The lowest BCUT2D eigenvalue weighted by Gasteiger charge is -2.31. The van der Waals surface area contributed by atoms with Crippen LogP contribution in [0.5, 0.6) is 0 Å². The largest absolute Gasteiger partial charge is 0.322 e. The molecule has 1 aliphatic heterocycles. The van der Waals surface area contributed by atoms with Crippen LogP contribution >= 0.6 is 0 Å². The second-order valence-corrected chi connectivity index (χ2v) is 7.67. The summed E-state index contributed by atoms with van der Waals surface area (Å²) in [6.07, 6.45) is 2.08. The van der Waals surface area contributed by atoms with Gasteiger partial charge < -0.3 is 14.8 Å². The molecule has 0 saturated heterocycles. The number of carbonyl (C=O) groups is 1. The summed E-state index contributed by atoms with van der Waals surface area (Å²) in [6.45, 7) is 2.61. The Kier molecular flexibility index (Phi) is 4.60. The van der Waals surface area contributed by atoms with E-state index in [2.05, 4.69) is 65.5 Å². The molecule has 2 heterocycles. The summed E-state index contributed by atoms with van der Waals surface area (Å²) in [5.41, 5.74) is 6.38. The minimum absolute atomic E-state index is 0.114. The molecule has 0 fully saturated rings. The van der Waals surface area contributed by atoms with Crippen LogP contribution in [-0.4, -0.2) is 15.5 Å². The van der Waals surface area contributed by atoms with Crippen LogP contribution < -0.4 is 5.32 Å². The minimum Gasteiger partial charge on any atom is -0.318 e. The van der Waals surface area contributed by atoms with Crippen LogP contribution in [-0.2, 0) is 6.54 Å². The van der Waals surface area contributed by atoms with E-state index >= 15 is 0 Å². The number of para-hydroxylation sites is 2. The van der Waals surface area contributed by atoms with Gasteiger partial charge in [-0.15, -0.1) is 0 Å². The van der Waals surface area contributed by atoms with Crippen LogP contribution in [0.3, 0.4) is 0 Å². The zero-order valence-electron chi connectivity index (χ0n) is 16.8. The topological polar surface area (TPSA) is 37.3 Å². The van der Waals surface area contributed by atoms with Crippen molar-refractivity contribution in [2.75, 3.05) is 5.32 Å². The molecule has 1 unspecified atom stereocenters. The molecule has 4 aromatic rings. The normalized spacial score (nSPS) is 15.1. The minimum atomic E-state index is -0.198. The van der Waals surface area contributed by atoms with Crippen LogP contribution in [0.25, 0.3) is 5.69 Å². The van der Waals surface area contributed by atoms with Crippen molar-refractivity contribution in [3.63, 3.8) is 0 Å². The van der Waals surface area contributed by atoms with Crippen LogP contribution in [0, 0.1) is 6.92 Å². The van der Waals surface area contributed by atoms with Gasteiger partial charge in [0.2, 0.25) is 0 Å². The van der Waals surface area contributed by atoms with Gasteiger partial charge in [0.15, 0.2) is 0 Å². The maximum absolute atomic E-state index is 13.5. The summed E-state index contributed by atoms with van der Waals surface area (Å²) in [5, 5.41) is 3.09. The lowest BCUT2D eigenvalue weighted by Crippen LogP contribution is -2.37. The van der Waals surface area contributed by atoms with Crippen molar-refractivity contribution in [2.24, 2.45) is 0 Å². The quantitative estimate of drug-likeness (QED) is 0.451. The molecule has 1 aromatic heterocycles. The van der Waals surface area contributed by atoms with Gasteiger partial charge in [-0.25, -0.2) is 4.79 Å². The van der Waals surface area contributed by atoms with Crippen molar-refractivity contribution in [1.82, 2.24) is 9.47 Å².